The van der Waals surface area contributed by atoms with E-state index < -0.39 is 26.0 Å². The predicted molar refractivity (Wildman–Crippen MR) is 138 cm³/mol. The van der Waals surface area contributed by atoms with Gasteiger partial charge in [0, 0.05) is 6.42 Å². The molecule has 8 nitrogen and oxygen atoms in total. The van der Waals surface area contributed by atoms with E-state index in [1.165, 1.54) is 66.7 Å². The normalized spacial score (nSPS) is 15.7. The van der Waals surface area contributed by atoms with Crippen LogP contribution in [0.1, 0.15) is 12.8 Å². The molecule has 1 aliphatic heterocycles. The quantitative estimate of drug-likeness (QED) is 0.310. The van der Waals surface area contributed by atoms with Gasteiger partial charge in [-0.05, 0) is 79.2 Å². The fourth-order valence-corrected chi connectivity index (χ4v) is 6.66. The van der Waals surface area contributed by atoms with Crippen molar-refractivity contribution in [3.8, 4) is 23.0 Å². The summed E-state index contributed by atoms with van der Waals surface area (Å²) in [6.07, 6.45) is 0.760. The molecule has 0 bridgehead atoms. The average molecular weight is 553 g/mol. The van der Waals surface area contributed by atoms with E-state index in [-0.39, 0.29) is 42.6 Å². The van der Waals surface area contributed by atoms with Crippen LogP contribution >= 0.6 is 0 Å². The molecule has 0 radical (unpaired) electrons. The molecule has 1 heterocycles. The maximum atomic E-state index is 13.5. The van der Waals surface area contributed by atoms with Crippen molar-refractivity contribution in [2.45, 2.75) is 38.7 Å². The molecule has 0 aliphatic carbocycles. The van der Waals surface area contributed by atoms with Gasteiger partial charge in [0.25, 0.3) is 0 Å². The van der Waals surface area contributed by atoms with Crippen LogP contribution < -0.4 is 9.47 Å². The highest BCUT2D eigenvalue weighted by Crippen LogP contribution is 2.41. The van der Waals surface area contributed by atoms with Crippen molar-refractivity contribution in [1.82, 2.24) is 0 Å². The number of para-hydroxylation sites is 1. The van der Waals surface area contributed by atoms with Gasteiger partial charge in [-0.2, -0.15) is 0 Å². The lowest BCUT2D eigenvalue weighted by Gasteiger charge is -2.19. The Labute approximate surface area is 220 Å². The molecule has 0 spiro atoms. The zero-order chi connectivity index (χ0) is 26.8. The predicted octanol–water partition coefficient (Wildman–Crippen LogP) is 5.37. The van der Waals surface area contributed by atoms with Crippen molar-refractivity contribution in [2.24, 2.45) is 0 Å². The van der Waals surface area contributed by atoms with Crippen molar-refractivity contribution < 1.29 is 36.2 Å². The van der Waals surface area contributed by atoms with Gasteiger partial charge in [-0.3, -0.25) is 0 Å². The van der Waals surface area contributed by atoms with E-state index in [9.17, 15) is 21.9 Å². The lowest BCUT2D eigenvalue weighted by molar-refractivity contribution is -0.0418. The lowest BCUT2D eigenvalue weighted by atomic mass is 10.3. The molecule has 0 amide bonds. The van der Waals surface area contributed by atoms with Crippen LogP contribution in [0.5, 0.6) is 23.0 Å². The maximum absolute atomic E-state index is 13.5. The molecule has 0 saturated carbocycles. The summed E-state index contributed by atoms with van der Waals surface area (Å²) < 4.78 is 70.4. The Morgan fingerprint density at radius 2 is 1.34 bits per heavy atom. The zero-order valence-corrected chi connectivity index (χ0v) is 21.7. The number of hydrogen-bond donors (Lipinski definition) is 1. The molecule has 196 valence electrons. The Kier molecular flexibility index (Phi) is 7.11. The minimum absolute atomic E-state index is 0.0176. The van der Waals surface area contributed by atoms with Gasteiger partial charge >= 0.3 is 0 Å². The Morgan fingerprint density at radius 3 is 1.97 bits per heavy atom. The summed E-state index contributed by atoms with van der Waals surface area (Å²) in [7, 11) is -7.76. The summed E-state index contributed by atoms with van der Waals surface area (Å²) in [6, 6.07) is 23.6. The van der Waals surface area contributed by atoms with E-state index >= 15 is 0 Å². The number of ether oxygens (including phenoxy) is 3. The third-order valence-corrected chi connectivity index (χ3v) is 9.51. The molecule has 4 aromatic rings. The number of hydrogen-bond acceptors (Lipinski definition) is 8. The van der Waals surface area contributed by atoms with Crippen LogP contribution in [0.2, 0.25) is 0 Å². The molecule has 1 atom stereocenters. The summed E-state index contributed by atoms with van der Waals surface area (Å²) in [4.78, 5) is 0.114. The van der Waals surface area contributed by atoms with Gasteiger partial charge in [-0.25, -0.2) is 16.8 Å². The second kappa shape index (κ2) is 10.5. The fraction of sp³-hybridized carbons (Fsp3) is 0.143. The number of benzene rings is 4. The number of phenolic OH excluding ortho intramolecular Hbond substituents is 1. The maximum Gasteiger partial charge on any atom is 0.210 e. The topological polar surface area (TPSA) is 116 Å². The molecular weight excluding hydrogens is 528 g/mol. The van der Waals surface area contributed by atoms with Gasteiger partial charge in [0.05, 0.1) is 21.3 Å². The summed E-state index contributed by atoms with van der Waals surface area (Å²) in [5.41, 5.74) is 0. The van der Waals surface area contributed by atoms with Gasteiger partial charge < -0.3 is 19.3 Å². The number of phenols is 1. The Hall–Kier alpha value is -3.86. The third-order valence-electron chi connectivity index (χ3n) is 5.93. The first kappa shape index (κ1) is 25.8. The van der Waals surface area contributed by atoms with Crippen LogP contribution in [-0.2, 0) is 24.4 Å². The Bertz CT molecular complexity index is 1630. The van der Waals surface area contributed by atoms with E-state index in [0.717, 1.165) is 6.42 Å². The summed E-state index contributed by atoms with van der Waals surface area (Å²) in [5.74, 6) is 0.405. The molecule has 1 N–H and O–H groups in total. The van der Waals surface area contributed by atoms with E-state index in [1.54, 1.807) is 30.3 Å². The van der Waals surface area contributed by atoms with E-state index in [1.807, 2.05) is 0 Å². The molecule has 1 fully saturated rings. The van der Waals surface area contributed by atoms with Gasteiger partial charge in [-0.15, -0.1) is 0 Å². The van der Waals surface area contributed by atoms with Crippen molar-refractivity contribution in [3.63, 3.8) is 0 Å². The molecule has 4 aromatic carbocycles. The minimum atomic E-state index is -3.94. The molecule has 10 heteroatoms. The summed E-state index contributed by atoms with van der Waals surface area (Å²) in [5, 5.41) is 9.45. The Balaban J connectivity index is 1.49. The molecular formula is C28H24O8S2. The van der Waals surface area contributed by atoms with Gasteiger partial charge in [0.1, 0.15) is 16.4 Å². The molecule has 0 aromatic heterocycles. The van der Waals surface area contributed by atoms with Crippen LogP contribution in [0.3, 0.4) is 0 Å². The van der Waals surface area contributed by atoms with Crippen molar-refractivity contribution in [3.05, 3.63) is 97.1 Å². The van der Waals surface area contributed by atoms with Crippen LogP contribution in [-0.4, -0.2) is 34.8 Å². The molecule has 38 heavy (non-hydrogen) atoms. The van der Waals surface area contributed by atoms with Crippen molar-refractivity contribution in [1.29, 1.82) is 0 Å². The SMILES string of the molecule is O=S(=O)(c1ccc(O)cc1)c1ccc(Oc2cccc(S(=O)(=O)c3ccccc3)c2OC2CCCO2)cc1. The number of rotatable bonds is 8. The second-order valence-corrected chi connectivity index (χ2v) is 12.4. The summed E-state index contributed by atoms with van der Waals surface area (Å²) >= 11 is 0. The second-order valence-electron chi connectivity index (χ2n) is 8.53. The van der Waals surface area contributed by atoms with Crippen LogP contribution in [0.25, 0.3) is 0 Å². The molecule has 1 unspecified atom stereocenters. The van der Waals surface area contributed by atoms with Crippen LogP contribution in [0, 0.1) is 0 Å². The smallest absolute Gasteiger partial charge is 0.210 e. The van der Waals surface area contributed by atoms with E-state index in [4.69, 9.17) is 14.2 Å². The average Bonchev–Trinajstić information content (AvgIpc) is 3.44. The van der Waals surface area contributed by atoms with Gasteiger partial charge in [-0.1, -0.05) is 24.3 Å². The van der Waals surface area contributed by atoms with Crippen molar-refractivity contribution in [2.75, 3.05) is 6.61 Å². The van der Waals surface area contributed by atoms with Gasteiger partial charge in [0.15, 0.2) is 17.8 Å². The fourth-order valence-electron chi connectivity index (χ4n) is 3.98. The first-order chi connectivity index (χ1) is 18.2. The van der Waals surface area contributed by atoms with Crippen LogP contribution in [0.4, 0.5) is 0 Å². The summed E-state index contributed by atoms with van der Waals surface area (Å²) in [6.45, 7) is 0.505. The first-order valence-electron chi connectivity index (χ1n) is 11.8. The highest BCUT2D eigenvalue weighted by atomic mass is 32.2. The van der Waals surface area contributed by atoms with E-state index in [0.29, 0.717) is 13.0 Å². The largest absolute Gasteiger partial charge is 0.508 e. The highest BCUT2D eigenvalue weighted by molar-refractivity contribution is 7.91. The Morgan fingerprint density at radius 1 is 0.711 bits per heavy atom. The molecule has 1 aliphatic rings. The first-order valence-corrected chi connectivity index (χ1v) is 14.8. The molecule has 1 saturated heterocycles. The number of sulfone groups is 2. The van der Waals surface area contributed by atoms with Crippen LogP contribution in [0.15, 0.2) is 117 Å². The molecule has 5 rings (SSSR count). The lowest BCUT2D eigenvalue weighted by Crippen LogP contribution is -2.17. The van der Waals surface area contributed by atoms with Crippen molar-refractivity contribution >= 4 is 19.7 Å². The van der Waals surface area contributed by atoms with E-state index in [2.05, 4.69) is 0 Å². The monoisotopic (exact) mass is 552 g/mol. The highest BCUT2D eigenvalue weighted by Gasteiger charge is 2.29. The third kappa shape index (κ3) is 5.24. The number of aromatic hydroxyl groups is 1. The van der Waals surface area contributed by atoms with Gasteiger partial charge in [0.2, 0.25) is 19.7 Å². The zero-order valence-electron chi connectivity index (χ0n) is 20.1. The minimum Gasteiger partial charge on any atom is -0.508 e. The standard InChI is InChI=1S/C28H24O8S2/c29-20-11-15-23(16-12-20)37(30,31)24-17-13-21(14-18-24)35-25-8-4-9-26(28(25)36-27-10-5-19-34-27)38(32,33)22-6-2-1-3-7-22/h1-4,6-9,11-18,27,29H,5,10,19H2.